The van der Waals surface area contributed by atoms with Crippen molar-refractivity contribution in [2.75, 3.05) is 26.0 Å². The minimum Gasteiger partial charge on any atom is -0.493 e. The molecule has 2 aromatic rings. The Labute approximate surface area is 143 Å². The average molecular weight is 327 g/mol. The summed E-state index contributed by atoms with van der Waals surface area (Å²) in [6.07, 6.45) is 1.59. The number of hydrogen-bond acceptors (Lipinski definition) is 4. The van der Waals surface area contributed by atoms with Gasteiger partial charge in [-0.25, -0.2) is 4.98 Å². The van der Waals surface area contributed by atoms with E-state index in [0.29, 0.717) is 24.6 Å². The highest BCUT2D eigenvalue weighted by molar-refractivity contribution is 5.93. The number of para-hydroxylation sites is 1. The summed E-state index contributed by atoms with van der Waals surface area (Å²) in [6.45, 7) is 5.56. The van der Waals surface area contributed by atoms with Gasteiger partial charge >= 0.3 is 0 Å². The minimum atomic E-state index is -0.0542. The molecule has 0 fully saturated rings. The summed E-state index contributed by atoms with van der Waals surface area (Å²) in [5, 5.41) is 3.27. The highest BCUT2D eigenvalue weighted by Crippen LogP contribution is 2.20. The maximum absolute atomic E-state index is 11.9. The number of nitrogens with one attached hydrogen (secondary N) is 1. The van der Waals surface area contributed by atoms with Crippen LogP contribution in [0.3, 0.4) is 0 Å². The highest BCUT2D eigenvalue weighted by Gasteiger charge is 2.08. The Balaban J connectivity index is 1.99. The summed E-state index contributed by atoms with van der Waals surface area (Å²) >= 11 is 0. The lowest BCUT2D eigenvalue weighted by atomic mass is 10.2. The van der Waals surface area contributed by atoms with E-state index in [1.165, 1.54) is 4.90 Å². The predicted octanol–water partition coefficient (Wildman–Crippen LogP) is 3.43. The van der Waals surface area contributed by atoms with Gasteiger partial charge in [-0.3, -0.25) is 4.79 Å². The number of hydrogen-bond donors (Lipinski definition) is 1. The van der Waals surface area contributed by atoms with Crippen LogP contribution in [0.1, 0.15) is 29.8 Å². The maximum atomic E-state index is 11.9. The zero-order chi connectivity index (χ0) is 17.5. The van der Waals surface area contributed by atoms with E-state index in [9.17, 15) is 4.79 Å². The Kier molecular flexibility index (Phi) is 6.18. The molecular formula is C19H25N3O2. The molecule has 0 atom stereocenters. The van der Waals surface area contributed by atoms with Crippen molar-refractivity contribution in [2.45, 2.75) is 20.4 Å². The SMILES string of the molecule is CC(C)COc1ccccc1CNc1ccc(C(=O)N(C)C)cn1. The van der Waals surface area contributed by atoms with Crippen LogP contribution in [-0.4, -0.2) is 36.5 Å². The van der Waals surface area contributed by atoms with E-state index in [0.717, 1.165) is 17.1 Å². The third-order valence-electron chi connectivity index (χ3n) is 3.42. The number of benzene rings is 1. The molecule has 24 heavy (non-hydrogen) atoms. The summed E-state index contributed by atoms with van der Waals surface area (Å²) < 4.78 is 5.85. The van der Waals surface area contributed by atoms with Gasteiger partial charge in [-0.05, 0) is 24.1 Å². The number of amides is 1. The molecule has 0 unspecified atom stereocenters. The Morgan fingerprint density at radius 1 is 1.21 bits per heavy atom. The minimum absolute atomic E-state index is 0.0542. The fourth-order valence-corrected chi connectivity index (χ4v) is 2.12. The molecule has 0 spiro atoms. The van der Waals surface area contributed by atoms with Crippen molar-refractivity contribution in [1.82, 2.24) is 9.88 Å². The number of ether oxygens (including phenoxy) is 1. The molecule has 0 aliphatic rings. The van der Waals surface area contributed by atoms with Crippen molar-refractivity contribution >= 4 is 11.7 Å². The third kappa shape index (κ3) is 4.98. The van der Waals surface area contributed by atoms with E-state index in [4.69, 9.17) is 4.74 Å². The second-order valence-corrected chi connectivity index (χ2v) is 6.30. The van der Waals surface area contributed by atoms with Crippen LogP contribution in [0, 0.1) is 5.92 Å². The Bertz CT molecular complexity index is 667. The number of carbonyl (C=O) groups is 1. The molecule has 0 aliphatic heterocycles. The van der Waals surface area contributed by atoms with Gasteiger partial charge in [0.05, 0.1) is 12.2 Å². The average Bonchev–Trinajstić information content (AvgIpc) is 2.58. The van der Waals surface area contributed by atoms with Crippen molar-refractivity contribution in [2.24, 2.45) is 5.92 Å². The van der Waals surface area contributed by atoms with Crippen LogP contribution in [0.5, 0.6) is 5.75 Å². The molecule has 0 radical (unpaired) electrons. The van der Waals surface area contributed by atoms with E-state index in [2.05, 4.69) is 24.1 Å². The van der Waals surface area contributed by atoms with Gasteiger partial charge in [0.25, 0.3) is 5.91 Å². The highest BCUT2D eigenvalue weighted by atomic mass is 16.5. The van der Waals surface area contributed by atoms with E-state index in [1.807, 2.05) is 30.3 Å². The summed E-state index contributed by atoms with van der Waals surface area (Å²) in [7, 11) is 3.45. The van der Waals surface area contributed by atoms with Gasteiger partial charge in [0.2, 0.25) is 0 Å². The first-order valence-corrected chi connectivity index (χ1v) is 8.09. The number of carbonyl (C=O) groups excluding carboxylic acids is 1. The predicted molar refractivity (Wildman–Crippen MR) is 96.4 cm³/mol. The lowest BCUT2D eigenvalue weighted by Gasteiger charge is -2.14. The summed E-state index contributed by atoms with van der Waals surface area (Å²) in [4.78, 5) is 17.7. The normalized spacial score (nSPS) is 10.5. The second-order valence-electron chi connectivity index (χ2n) is 6.30. The van der Waals surface area contributed by atoms with Crippen LogP contribution < -0.4 is 10.1 Å². The van der Waals surface area contributed by atoms with Crippen molar-refractivity contribution in [3.63, 3.8) is 0 Å². The summed E-state index contributed by atoms with van der Waals surface area (Å²) in [5.74, 6) is 2.04. The fraction of sp³-hybridized carbons (Fsp3) is 0.368. The molecule has 0 saturated heterocycles. The molecule has 1 heterocycles. The zero-order valence-electron chi connectivity index (χ0n) is 14.7. The van der Waals surface area contributed by atoms with Crippen LogP contribution in [0.15, 0.2) is 42.6 Å². The number of pyridine rings is 1. The molecule has 0 aliphatic carbocycles. The largest absolute Gasteiger partial charge is 0.493 e. The third-order valence-corrected chi connectivity index (χ3v) is 3.42. The van der Waals surface area contributed by atoms with E-state index < -0.39 is 0 Å². The molecule has 5 nitrogen and oxygen atoms in total. The topological polar surface area (TPSA) is 54.5 Å². The molecule has 5 heteroatoms. The van der Waals surface area contributed by atoms with Crippen LogP contribution in [0.25, 0.3) is 0 Å². The number of anilines is 1. The lowest BCUT2D eigenvalue weighted by Crippen LogP contribution is -2.21. The van der Waals surface area contributed by atoms with Crippen LogP contribution in [0.4, 0.5) is 5.82 Å². The molecule has 0 bridgehead atoms. The number of nitrogens with zero attached hydrogens (tertiary/aromatic N) is 2. The van der Waals surface area contributed by atoms with Gasteiger partial charge in [0.1, 0.15) is 11.6 Å². The Morgan fingerprint density at radius 2 is 1.96 bits per heavy atom. The fourth-order valence-electron chi connectivity index (χ4n) is 2.12. The number of rotatable bonds is 7. The Hall–Kier alpha value is -2.56. The lowest BCUT2D eigenvalue weighted by molar-refractivity contribution is 0.0827. The van der Waals surface area contributed by atoms with Gasteiger partial charge in [-0.1, -0.05) is 32.0 Å². The van der Waals surface area contributed by atoms with Crippen LogP contribution in [-0.2, 0) is 6.54 Å². The van der Waals surface area contributed by atoms with Crippen molar-refractivity contribution < 1.29 is 9.53 Å². The van der Waals surface area contributed by atoms with E-state index >= 15 is 0 Å². The first-order chi connectivity index (χ1) is 11.5. The molecule has 2 rings (SSSR count). The van der Waals surface area contributed by atoms with Crippen molar-refractivity contribution in [1.29, 1.82) is 0 Å². The molecule has 1 amide bonds. The summed E-state index contributed by atoms with van der Waals surface area (Å²) in [6, 6.07) is 11.6. The number of aromatic nitrogens is 1. The quantitative estimate of drug-likeness (QED) is 0.846. The molecule has 0 saturated carbocycles. The van der Waals surface area contributed by atoms with Gasteiger partial charge in [-0.2, -0.15) is 0 Å². The standard InChI is InChI=1S/C19H25N3O2/c1-14(2)13-24-17-8-6-5-7-15(17)11-20-18-10-9-16(12-21-18)19(23)22(3)4/h5-10,12,14H,11,13H2,1-4H3,(H,20,21). The molecule has 1 aromatic heterocycles. The first-order valence-electron chi connectivity index (χ1n) is 8.09. The van der Waals surface area contributed by atoms with Crippen LogP contribution in [0.2, 0.25) is 0 Å². The monoisotopic (exact) mass is 327 g/mol. The van der Waals surface area contributed by atoms with Gasteiger partial charge in [0.15, 0.2) is 0 Å². The molecule has 1 aromatic carbocycles. The Morgan fingerprint density at radius 3 is 2.58 bits per heavy atom. The maximum Gasteiger partial charge on any atom is 0.254 e. The first kappa shape index (κ1) is 17.8. The van der Waals surface area contributed by atoms with Crippen molar-refractivity contribution in [3.05, 3.63) is 53.7 Å². The van der Waals surface area contributed by atoms with E-state index in [1.54, 1.807) is 26.4 Å². The van der Waals surface area contributed by atoms with Crippen LogP contribution >= 0.6 is 0 Å². The molecule has 128 valence electrons. The van der Waals surface area contributed by atoms with E-state index in [-0.39, 0.29) is 5.91 Å². The van der Waals surface area contributed by atoms with Gasteiger partial charge in [-0.15, -0.1) is 0 Å². The van der Waals surface area contributed by atoms with Gasteiger partial charge in [0, 0.05) is 32.4 Å². The second kappa shape index (κ2) is 8.34. The molecular weight excluding hydrogens is 302 g/mol. The van der Waals surface area contributed by atoms with Crippen molar-refractivity contribution in [3.8, 4) is 5.75 Å². The smallest absolute Gasteiger partial charge is 0.254 e. The summed E-state index contributed by atoms with van der Waals surface area (Å²) in [5.41, 5.74) is 1.65. The van der Waals surface area contributed by atoms with Gasteiger partial charge < -0.3 is 15.0 Å². The molecule has 1 N–H and O–H groups in total. The zero-order valence-corrected chi connectivity index (χ0v) is 14.7.